The number of carbonyl (C=O) groups excluding carboxylic acids is 13. The van der Waals surface area contributed by atoms with Gasteiger partial charge in [0.15, 0.2) is 0 Å². The van der Waals surface area contributed by atoms with Crippen molar-refractivity contribution in [3.8, 4) is 0 Å². The minimum absolute atomic E-state index is 0.00474. The maximum atomic E-state index is 15.2. The first-order valence-electron chi connectivity index (χ1n) is 42.0. The van der Waals surface area contributed by atoms with E-state index in [1.54, 1.807) is 88.4 Å². The summed E-state index contributed by atoms with van der Waals surface area (Å²) in [6.07, 6.45) is 4.26. The van der Waals surface area contributed by atoms with Crippen molar-refractivity contribution < 1.29 is 95.5 Å². The smallest absolute Gasteiger partial charge is 0.411 e. The molecule has 672 valence electrons. The van der Waals surface area contributed by atoms with E-state index in [1.807, 2.05) is 69.8 Å². The van der Waals surface area contributed by atoms with E-state index < -0.39 is 138 Å². The molecule has 2 saturated heterocycles. The highest BCUT2D eigenvalue weighted by Gasteiger charge is 2.45. The molecule has 2 aromatic rings. The van der Waals surface area contributed by atoms with E-state index in [4.69, 9.17) is 38.9 Å². The van der Waals surface area contributed by atoms with Gasteiger partial charge in [0.05, 0.1) is 101 Å². The Hall–Kier alpha value is -9.43. The summed E-state index contributed by atoms with van der Waals surface area (Å²) in [5.74, 6) is -7.52. The number of nitrogens with one attached hydrogen (secondary N) is 7. The quantitative estimate of drug-likeness (QED) is 0.0343. The van der Waals surface area contributed by atoms with Gasteiger partial charge in [-0.2, -0.15) is 0 Å². The van der Waals surface area contributed by atoms with Crippen molar-refractivity contribution in [3.63, 3.8) is 0 Å². The van der Waals surface area contributed by atoms with Crippen molar-refractivity contribution in [1.82, 2.24) is 61.3 Å². The van der Waals surface area contributed by atoms with E-state index in [0.29, 0.717) is 58.4 Å². The summed E-state index contributed by atoms with van der Waals surface area (Å²) < 4.78 is 40.6. The third kappa shape index (κ3) is 32.1. The molecule has 35 nitrogen and oxygen atoms in total. The number of methoxy groups -OCH3 is 2. The lowest BCUT2D eigenvalue weighted by Crippen LogP contribution is -2.60. The molecule has 0 spiro atoms. The number of hydrogen-bond donors (Lipinski definition) is 8. The fraction of sp³-hybridized carbons (Fsp3) is 0.647. The topological polar surface area (TPSA) is 429 Å². The van der Waals surface area contributed by atoms with Crippen LogP contribution in [0, 0.1) is 29.6 Å². The summed E-state index contributed by atoms with van der Waals surface area (Å²) in [7, 11) is 7.99. The molecule has 13 atom stereocenters. The third-order valence-electron chi connectivity index (χ3n) is 22.0. The fourth-order valence-electron chi connectivity index (χ4n) is 14.9. The summed E-state index contributed by atoms with van der Waals surface area (Å²) in [4.78, 5) is 191. The van der Waals surface area contributed by atoms with Gasteiger partial charge in [0.25, 0.3) is 17.7 Å². The van der Waals surface area contributed by atoms with Crippen LogP contribution in [0.1, 0.15) is 131 Å². The van der Waals surface area contributed by atoms with Gasteiger partial charge in [-0.1, -0.05) is 111 Å². The molecule has 2 fully saturated rings. The molecule has 6 rings (SSSR count). The van der Waals surface area contributed by atoms with Crippen LogP contribution in [0.3, 0.4) is 0 Å². The number of primary amides is 1. The maximum Gasteiger partial charge on any atom is 0.411 e. The summed E-state index contributed by atoms with van der Waals surface area (Å²) >= 11 is 1.58. The SMILES string of the molecule is CC[C@H](C)[C@@H]([C@@H](CC(=O)N1CCC[C@H]1[C@H](OC)[C@@H](C)C(=O)N[C@@H](Cc1ccccc1)C1C=NC=CS1)OC)N(C)C(=O)[C@@H](NC(=O)[C@H](C(C)C)N(C)C(=O)OC(C(=O)N1CCN(C)CC1)c1ccc(NC(=O)[C@H](CCCNC(N)=O)NC(=O)[C@@H](NC(=O)CCOCCOCCOCCOCCNC(=O)CCN2C(=O)C=CC2=O)C(C)C)cc1)C(C)C. The first kappa shape index (κ1) is 100. The molecule has 0 bridgehead atoms. The average molecular weight is 1720 g/mol. The number of ether oxygens (including phenoxy) is 7. The molecule has 0 aliphatic carbocycles. The predicted octanol–water partition coefficient (Wildman–Crippen LogP) is 3.94. The monoisotopic (exact) mass is 1710 g/mol. The number of nitrogens with zero attached hydrogens (tertiary/aromatic N) is 7. The lowest BCUT2D eigenvalue weighted by atomic mass is 9.89. The molecule has 36 heteroatoms. The van der Waals surface area contributed by atoms with Crippen LogP contribution >= 0.6 is 11.8 Å². The second kappa shape index (κ2) is 52.1. The van der Waals surface area contributed by atoms with E-state index >= 15 is 4.79 Å². The van der Waals surface area contributed by atoms with Crippen LogP contribution in [0.5, 0.6) is 0 Å². The van der Waals surface area contributed by atoms with Crippen LogP contribution in [0.2, 0.25) is 0 Å². The molecule has 2 unspecified atom stereocenters. The van der Waals surface area contributed by atoms with Gasteiger partial charge in [0.1, 0.15) is 24.2 Å². The normalized spacial score (nSPS) is 18.1. The molecule has 0 radical (unpaired) electrons. The van der Waals surface area contributed by atoms with E-state index in [0.717, 1.165) is 27.5 Å². The Morgan fingerprint density at radius 1 is 0.653 bits per heavy atom. The second-order valence-corrected chi connectivity index (χ2v) is 32.9. The largest absolute Gasteiger partial charge is 0.431 e. The zero-order valence-corrected chi connectivity index (χ0v) is 73.6. The van der Waals surface area contributed by atoms with Gasteiger partial charge in [0, 0.05) is 129 Å². The number of piperazine rings is 1. The van der Waals surface area contributed by atoms with Crippen molar-refractivity contribution >= 4 is 101 Å². The molecule has 14 amide bonds. The zero-order chi connectivity index (χ0) is 88.8. The van der Waals surface area contributed by atoms with Crippen LogP contribution in [0.15, 0.2) is 83.3 Å². The molecular weight excluding hydrogens is 1580 g/mol. The third-order valence-corrected chi connectivity index (χ3v) is 23.0. The van der Waals surface area contributed by atoms with Crippen molar-refractivity contribution in [1.29, 1.82) is 0 Å². The number of urea groups is 1. The van der Waals surface area contributed by atoms with Crippen LogP contribution in [0.25, 0.3) is 0 Å². The minimum atomic E-state index is -1.56. The number of rotatable bonds is 52. The Bertz CT molecular complexity index is 3780. The van der Waals surface area contributed by atoms with E-state index in [9.17, 15) is 57.5 Å². The molecular formula is C85H131N15O20S. The number of aliphatic imine (C=N–C) groups is 1. The molecule has 9 N–H and O–H groups in total. The second-order valence-electron chi connectivity index (χ2n) is 31.9. The molecule has 2 aromatic carbocycles. The first-order valence-corrected chi connectivity index (χ1v) is 42.9. The van der Waals surface area contributed by atoms with Gasteiger partial charge in [-0.3, -0.25) is 67.5 Å². The number of benzene rings is 2. The van der Waals surface area contributed by atoms with Crippen molar-refractivity contribution in [2.75, 3.05) is 146 Å². The van der Waals surface area contributed by atoms with Gasteiger partial charge in [-0.15, -0.1) is 11.8 Å². The maximum absolute atomic E-state index is 15.2. The van der Waals surface area contributed by atoms with E-state index in [1.165, 1.54) is 38.4 Å². The Morgan fingerprint density at radius 2 is 1.28 bits per heavy atom. The molecule has 0 saturated carbocycles. The molecule has 4 heterocycles. The summed E-state index contributed by atoms with van der Waals surface area (Å²) in [5.41, 5.74) is 6.83. The van der Waals surface area contributed by atoms with Gasteiger partial charge < -0.3 is 95.7 Å². The fourth-order valence-corrected chi connectivity index (χ4v) is 15.7. The Balaban J connectivity index is 1.04. The van der Waals surface area contributed by atoms with Crippen LogP contribution in [0.4, 0.5) is 15.3 Å². The predicted molar refractivity (Wildman–Crippen MR) is 456 cm³/mol. The van der Waals surface area contributed by atoms with E-state index in [-0.39, 0.29) is 151 Å². The van der Waals surface area contributed by atoms with Crippen LogP contribution in [-0.2, 0) is 92.3 Å². The Kier molecular flexibility index (Phi) is 43.2. The highest BCUT2D eigenvalue weighted by atomic mass is 32.2. The Morgan fingerprint density at radius 3 is 1.86 bits per heavy atom. The zero-order valence-electron chi connectivity index (χ0n) is 72.8. The molecule has 0 aromatic heterocycles. The van der Waals surface area contributed by atoms with Crippen molar-refractivity contribution in [2.24, 2.45) is 40.3 Å². The summed E-state index contributed by atoms with van der Waals surface area (Å²) in [6.45, 7) is 20.4. The van der Waals surface area contributed by atoms with Gasteiger partial charge in [-0.25, -0.2) is 9.59 Å². The number of likely N-dealkylation sites (tertiary alicyclic amines) is 1. The first-order chi connectivity index (χ1) is 57.8. The average Bonchev–Trinajstić information content (AvgIpc) is 1.77. The number of carbonyl (C=O) groups is 13. The highest BCUT2D eigenvalue weighted by molar-refractivity contribution is 8.03. The van der Waals surface area contributed by atoms with Crippen LogP contribution in [-0.4, -0.2) is 313 Å². The van der Waals surface area contributed by atoms with Gasteiger partial charge in [0.2, 0.25) is 53.4 Å². The highest BCUT2D eigenvalue weighted by Crippen LogP contribution is 2.32. The number of nitrogens with two attached hydrogens (primary N) is 1. The van der Waals surface area contributed by atoms with Gasteiger partial charge >= 0.3 is 12.1 Å². The number of imide groups is 1. The number of amides is 14. The molecule has 121 heavy (non-hydrogen) atoms. The molecule has 4 aliphatic heterocycles. The van der Waals surface area contributed by atoms with Gasteiger partial charge in [-0.05, 0) is 85.9 Å². The standard InChI is InChI=1S/C85H131N15O20S/c1-15-57(8)75(65(114-13)52-71(105)99-36-20-24-64(99)76(115-14)58(9)78(106)92-63(66-53-87-35-50-121-66)51-59-21-17-16-18-22-59)96(11)82(110)73(55(4)5)94-81(109)74(56(6)7)97(12)85(113)120-77(83(111)98-40-38-95(10)39-41-98)60-25-27-61(28-26-60)90-79(107)62(23-19-33-89-84(86)112)91-80(108)72(54(2)3)93-68(102)32-42-116-44-46-118-48-49-119-47-45-117-43-34-88-67(101)31-37-100-69(103)29-30-70(100)104/h16-18,21-22,25-30,35,50,53-58,62-66,72-77H,15,19-20,23-24,31-34,36-49,51-52H2,1-14H3,(H,88,101)(H,90,107)(H,91,108)(H,92,106)(H,93,102)(H,94,109)(H3,86,89,112)/t57-,58+,62-,63-,64-,65+,66?,72-,73-,74-,75-,76+,77?/m0/s1. The van der Waals surface area contributed by atoms with Crippen LogP contribution < -0.4 is 43.0 Å². The molecule has 4 aliphatic rings. The lowest BCUT2D eigenvalue weighted by molar-refractivity contribution is -0.148. The van der Waals surface area contributed by atoms with Crippen molar-refractivity contribution in [3.05, 3.63) is 89.5 Å². The number of thioether (sulfide) groups is 1. The number of likely N-dealkylation sites (N-methyl/N-ethyl adjacent to an activating group) is 3. The minimum Gasteiger partial charge on any atom is -0.431 e. The number of anilines is 1. The van der Waals surface area contributed by atoms with E-state index in [2.05, 4.69) is 47.1 Å². The van der Waals surface area contributed by atoms with Crippen molar-refractivity contribution in [2.45, 2.75) is 186 Å². The number of hydrogen-bond acceptors (Lipinski definition) is 23. The summed E-state index contributed by atoms with van der Waals surface area (Å²) in [6, 6.07) is 9.06. The Labute approximate surface area is 715 Å². The lowest BCUT2D eigenvalue weighted by Gasteiger charge is -2.41. The summed E-state index contributed by atoms with van der Waals surface area (Å²) in [5, 5.41) is 21.5.